The number of rotatable bonds is 6. The van der Waals surface area contributed by atoms with E-state index in [1.165, 1.54) is 11.3 Å². The van der Waals surface area contributed by atoms with Gasteiger partial charge in [-0.25, -0.2) is 4.79 Å². The molecule has 22 heavy (non-hydrogen) atoms. The molecule has 0 bridgehead atoms. The van der Waals surface area contributed by atoms with E-state index < -0.39 is 0 Å². The highest BCUT2D eigenvalue weighted by Crippen LogP contribution is 2.34. The van der Waals surface area contributed by atoms with Crippen molar-refractivity contribution in [1.29, 1.82) is 0 Å². The van der Waals surface area contributed by atoms with Crippen LogP contribution in [0.4, 0.5) is 9.93 Å². The average Bonchev–Trinajstić information content (AvgIpc) is 3.00. The number of aryl methyl sites for hydroxylation is 1. The van der Waals surface area contributed by atoms with Crippen molar-refractivity contribution in [2.75, 3.05) is 25.0 Å². The molecule has 1 aromatic rings. The lowest BCUT2D eigenvalue weighted by Gasteiger charge is -2.39. The summed E-state index contributed by atoms with van der Waals surface area (Å²) >= 11 is 1.45. The van der Waals surface area contributed by atoms with E-state index in [1.807, 2.05) is 0 Å². The minimum atomic E-state index is -0.110. The third kappa shape index (κ3) is 4.16. The molecule has 2 N–H and O–H groups in total. The number of aromatic nitrogens is 2. The lowest BCUT2D eigenvalue weighted by atomic mass is 9.77. The van der Waals surface area contributed by atoms with Crippen LogP contribution in [0, 0.1) is 5.41 Å². The summed E-state index contributed by atoms with van der Waals surface area (Å²) in [6, 6.07) is -0.110. The van der Waals surface area contributed by atoms with E-state index >= 15 is 0 Å². The number of hydrogen-bond acceptors (Lipinski definition) is 5. The van der Waals surface area contributed by atoms with Crippen molar-refractivity contribution < 1.29 is 9.90 Å². The first kappa shape index (κ1) is 17.1. The minimum Gasteiger partial charge on any atom is -0.396 e. The van der Waals surface area contributed by atoms with Crippen LogP contribution in [0.2, 0.25) is 0 Å². The molecule has 1 aliphatic rings. The van der Waals surface area contributed by atoms with Gasteiger partial charge >= 0.3 is 6.03 Å². The van der Waals surface area contributed by atoms with Crippen molar-refractivity contribution in [1.82, 2.24) is 15.1 Å². The van der Waals surface area contributed by atoms with Gasteiger partial charge in [-0.15, -0.1) is 10.2 Å². The number of hydrogen-bond donors (Lipinski definition) is 2. The zero-order chi connectivity index (χ0) is 16.0. The molecule has 1 aliphatic heterocycles. The van der Waals surface area contributed by atoms with Crippen LogP contribution in [0.1, 0.15) is 51.0 Å². The van der Waals surface area contributed by atoms with Crippen LogP contribution in [0.15, 0.2) is 0 Å². The summed E-state index contributed by atoms with van der Waals surface area (Å²) in [5.74, 6) is 0. The fourth-order valence-corrected chi connectivity index (χ4v) is 3.48. The Morgan fingerprint density at radius 2 is 2.09 bits per heavy atom. The Bertz CT molecular complexity index is 478. The van der Waals surface area contributed by atoms with Gasteiger partial charge in [0.2, 0.25) is 5.13 Å². The number of carbonyl (C=O) groups is 1. The van der Waals surface area contributed by atoms with Crippen molar-refractivity contribution in [3.63, 3.8) is 0 Å². The molecule has 2 heterocycles. The van der Waals surface area contributed by atoms with Gasteiger partial charge < -0.3 is 10.0 Å². The van der Waals surface area contributed by atoms with Gasteiger partial charge in [-0.05, 0) is 31.1 Å². The van der Waals surface area contributed by atoms with Crippen molar-refractivity contribution in [2.45, 2.75) is 52.4 Å². The summed E-state index contributed by atoms with van der Waals surface area (Å²) in [4.78, 5) is 14.1. The highest BCUT2D eigenvalue weighted by molar-refractivity contribution is 7.15. The van der Waals surface area contributed by atoms with E-state index in [0.717, 1.165) is 43.5 Å². The molecular formula is C15H26N4O2S. The maximum absolute atomic E-state index is 12.3. The molecule has 6 nitrogen and oxygen atoms in total. The Hall–Kier alpha value is -1.21. The van der Waals surface area contributed by atoms with E-state index in [4.69, 9.17) is 0 Å². The Morgan fingerprint density at radius 1 is 1.36 bits per heavy atom. The number of urea groups is 1. The average molecular weight is 326 g/mol. The molecular weight excluding hydrogens is 300 g/mol. The first-order valence-electron chi connectivity index (χ1n) is 8.11. The lowest BCUT2D eigenvalue weighted by Crippen LogP contribution is -2.46. The molecule has 1 aromatic heterocycles. The van der Waals surface area contributed by atoms with E-state index in [1.54, 1.807) is 4.90 Å². The molecule has 2 amide bonds. The molecule has 124 valence electrons. The van der Waals surface area contributed by atoms with Gasteiger partial charge in [-0.1, -0.05) is 31.6 Å². The van der Waals surface area contributed by atoms with E-state index in [2.05, 4.69) is 29.4 Å². The second-order valence-electron chi connectivity index (χ2n) is 6.03. The van der Waals surface area contributed by atoms with Gasteiger partial charge in [-0.2, -0.15) is 0 Å². The van der Waals surface area contributed by atoms with Gasteiger partial charge in [0.15, 0.2) is 0 Å². The summed E-state index contributed by atoms with van der Waals surface area (Å²) in [6.45, 7) is 5.81. The Kier molecular flexibility index (Phi) is 6.14. The predicted octanol–water partition coefficient (Wildman–Crippen LogP) is 2.90. The summed E-state index contributed by atoms with van der Waals surface area (Å²) in [5, 5.41) is 22.1. The standard InChI is InChI=1S/C15H26N4O2S/c1-3-5-6-12-17-18-13(22-12)16-14(21)19-9-7-15(4-2,11-20)8-10-19/h20H,3-11H2,1-2H3,(H,16,18,21). The topological polar surface area (TPSA) is 78.4 Å². The number of anilines is 1. The van der Waals surface area contributed by atoms with Crippen LogP contribution in [-0.2, 0) is 6.42 Å². The third-order valence-corrected chi connectivity index (χ3v) is 5.52. The number of nitrogens with zero attached hydrogens (tertiary/aromatic N) is 3. The number of piperidine rings is 1. The number of likely N-dealkylation sites (tertiary alicyclic amines) is 1. The summed E-state index contributed by atoms with van der Waals surface area (Å²) in [5.41, 5.74) is -0.00710. The first-order valence-corrected chi connectivity index (χ1v) is 8.93. The quantitative estimate of drug-likeness (QED) is 0.842. The second-order valence-corrected chi connectivity index (χ2v) is 7.10. The molecule has 0 unspecified atom stereocenters. The SMILES string of the molecule is CCCCc1nnc(NC(=O)N2CCC(CC)(CO)CC2)s1. The van der Waals surface area contributed by atoms with Gasteiger partial charge in [0.1, 0.15) is 5.01 Å². The van der Waals surface area contributed by atoms with E-state index in [9.17, 15) is 9.90 Å². The van der Waals surface area contributed by atoms with Crippen molar-refractivity contribution in [3.05, 3.63) is 5.01 Å². The largest absolute Gasteiger partial charge is 0.396 e. The first-order chi connectivity index (χ1) is 10.6. The normalized spacial score (nSPS) is 17.5. The van der Waals surface area contributed by atoms with Crippen LogP contribution < -0.4 is 5.32 Å². The van der Waals surface area contributed by atoms with Gasteiger partial charge in [-0.3, -0.25) is 5.32 Å². The lowest BCUT2D eigenvalue weighted by molar-refractivity contribution is 0.0542. The number of carbonyl (C=O) groups excluding carboxylic acids is 1. The monoisotopic (exact) mass is 326 g/mol. The molecule has 2 rings (SSSR count). The van der Waals surface area contributed by atoms with Crippen LogP contribution in [0.3, 0.4) is 0 Å². The Morgan fingerprint density at radius 3 is 2.68 bits per heavy atom. The van der Waals surface area contributed by atoms with Crippen molar-refractivity contribution in [2.24, 2.45) is 5.41 Å². The van der Waals surface area contributed by atoms with Crippen LogP contribution in [-0.4, -0.2) is 45.9 Å². The van der Waals surface area contributed by atoms with Gasteiger partial charge in [0, 0.05) is 26.1 Å². The molecule has 0 radical (unpaired) electrons. The molecule has 7 heteroatoms. The molecule has 1 fully saturated rings. The molecule has 0 aromatic carbocycles. The number of aliphatic hydroxyl groups excluding tert-OH is 1. The van der Waals surface area contributed by atoms with E-state index in [-0.39, 0.29) is 18.1 Å². The molecule has 0 aliphatic carbocycles. The van der Waals surface area contributed by atoms with E-state index in [0.29, 0.717) is 18.2 Å². The molecule has 0 spiro atoms. The van der Waals surface area contributed by atoms with Crippen LogP contribution >= 0.6 is 11.3 Å². The summed E-state index contributed by atoms with van der Waals surface area (Å²) in [7, 11) is 0. The van der Waals surface area contributed by atoms with Crippen molar-refractivity contribution >= 4 is 22.5 Å². The summed E-state index contributed by atoms with van der Waals surface area (Å²) in [6.07, 6.45) is 5.80. The van der Waals surface area contributed by atoms with Crippen LogP contribution in [0.5, 0.6) is 0 Å². The Labute approximate surface area is 135 Å². The number of amides is 2. The number of aliphatic hydroxyl groups is 1. The molecule has 1 saturated heterocycles. The molecule has 0 atom stereocenters. The zero-order valence-corrected chi connectivity index (χ0v) is 14.3. The number of unbranched alkanes of at least 4 members (excludes halogenated alkanes) is 1. The van der Waals surface area contributed by atoms with Gasteiger partial charge in [0.05, 0.1) is 0 Å². The highest BCUT2D eigenvalue weighted by atomic mass is 32.1. The molecule has 0 saturated carbocycles. The maximum atomic E-state index is 12.3. The third-order valence-electron chi connectivity index (χ3n) is 4.62. The Balaban J connectivity index is 1.84. The summed E-state index contributed by atoms with van der Waals surface area (Å²) < 4.78 is 0. The highest BCUT2D eigenvalue weighted by Gasteiger charge is 2.34. The maximum Gasteiger partial charge on any atom is 0.323 e. The fourth-order valence-electron chi connectivity index (χ4n) is 2.71. The zero-order valence-electron chi connectivity index (χ0n) is 13.5. The van der Waals surface area contributed by atoms with Gasteiger partial charge in [0.25, 0.3) is 0 Å². The minimum absolute atomic E-state index is 0.00710. The van der Waals surface area contributed by atoms with Crippen molar-refractivity contribution in [3.8, 4) is 0 Å². The second kappa shape index (κ2) is 7.87. The van der Waals surface area contributed by atoms with Crippen LogP contribution in [0.25, 0.3) is 0 Å². The smallest absolute Gasteiger partial charge is 0.323 e. The number of nitrogens with one attached hydrogen (secondary N) is 1. The predicted molar refractivity (Wildman–Crippen MR) is 88.2 cm³/mol. The fraction of sp³-hybridized carbons (Fsp3) is 0.800.